The minimum absolute atomic E-state index is 0.133. The van der Waals surface area contributed by atoms with Crippen LogP contribution in [-0.2, 0) is 9.53 Å². The monoisotopic (exact) mass is 439 g/mol. The van der Waals surface area contributed by atoms with Crippen LogP contribution < -0.4 is 4.90 Å². The van der Waals surface area contributed by atoms with Crippen LogP contribution in [0.3, 0.4) is 0 Å². The predicted octanol–water partition coefficient (Wildman–Crippen LogP) is 6.25. The van der Waals surface area contributed by atoms with Crippen LogP contribution in [0.25, 0.3) is 0 Å². The highest BCUT2D eigenvalue weighted by Gasteiger charge is 2.49. The maximum absolute atomic E-state index is 13.4. The number of imide groups is 1. The number of hydrogen-bond donors (Lipinski definition) is 1. The number of amides is 2. The molecule has 0 bridgehead atoms. The molecule has 1 aromatic carbocycles. The quantitative estimate of drug-likeness (QED) is 0.295. The summed E-state index contributed by atoms with van der Waals surface area (Å²) in [6.45, 7) is 14.9. The van der Waals surface area contributed by atoms with Crippen LogP contribution in [0.15, 0.2) is 29.8 Å². The van der Waals surface area contributed by atoms with Gasteiger partial charge in [0.25, 0.3) is 5.91 Å². The molecule has 29 heavy (non-hydrogen) atoms. The lowest BCUT2D eigenvalue weighted by Gasteiger charge is -2.38. The minimum atomic E-state index is -1.67. The molecule has 1 rings (SSSR count). The zero-order valence-corrected chi connectivity index (χ0v) is 20.1. The van der Waals surface area contributed by atoms with Crippen LogP contribution in [0.4, 0.5) is 10.5 Å². The number of rotatable bonds is 8. The molecule has 0 aromatic heterocycles. The third kappa shape index (κ3) is 5.69. The molecule has 0 aliphatic heterocycles. The number of nitrogens with zero attached hydrogens (tertiary/aromatic N) is 1. The van der Waals surface area contributed by atoms with Crippen molar-refractivity contribution in [1.29, 1.82) is 5.41 Å². The lowest BCUT2D eigenvalue weighted by Crippen LogP contribution is -2.40. The predicted molar refractivity (Wildman–Crippen MR) is 124 cm³/mol. The first-order valence-electron chi connectivity index (χ1n) is 9.95. The van der Waals surface area contributed by atoms with Crippen molar-refractivity contribution in [2.24, 2.45) is 0 Å². The molecule has 0 radical (unpaired) electrons. The maximum atomic E-state index is 13.4. The van der Waals surface area contributed by atoms with Gasteiger partial charge in [0.2, 0.25) is 0 Å². The van der Waals surface area contributed by atoms with E-state index in [-0.39, 0.29) is 12.2 Å². The van der Waals surface area contributed by atoms with Gasteiger partial charge in [-0.2, -0.15) is 0 Å². The van der Waals surface area contributed by atoms with Crippen molar-refractivity contribution in [2.45, 2.75) is 65.4 Å². The Labute approximate surface area is 180 Å². The molecule has 2 amide bonds. The summed E-state index contributed by atoms with van der Waals surface area (Å²) in [7, 11) is -1.67. The summed E-state index contributed by atoms with van der Waals surface area (Å²) >= 11 is 6.08. The second kappa shape index (κ2) is 10.9. The Bertz CT molecular complexity index is 764. The van der Waals surface area contributed by atoms with Crippen LogP contribution in [-0.4, -0.2) is 47.6 Å². The number of ether oxygens (including phenoxy) is 1. The molecule has 0 atom stereocenters. The maximum Gasteiger partial charge on any atom is 0.421 e. The lowest BCUT2D eigenvalue weighted by molar-refractivity contribution is -0.114. The van der Waals surface area contributed by atoms with Crippen LogP contribution >= 0.6 is 18.9 Å². The van der Waals surface area contributed by atoms with Crippen molar-refractivity contribution in [3.8, 4) is 0 Å². The number of hydrogen-bond acceptors (Lipinski definition) is 4. The van der Waals surface area contributed by atoms with Crippen molar-refractivity contribution in [1.82, 2.24) is 0 Å². The van der Waals surface area contributed by atoms with E-state index in [0.29, 0.717) is 33.8 Å². The molecule has 0 fully saturated rings. The highest BCUT2D eigenvalue weighted by molar-refractivity contribution is 7.78. The molecule has 0 aliphatic carbocycles. The second-order valence-corrected chi connectivity index (χ2v) is 13.7. The average molecular weight is 440 g/mol. The largest absolute Gasteiger partial charge is 0.449 e. The third-order valence-electron chi connectivity index (χ3n) is 5.45. The third-order valence-corrected chi connectivity index (χ3v) is 12.3. The van der Waals surface area contributed by atoms with Crippen molar-refractivity contribution in [2.75, 3.05) is 17.7 Å². The van der Waals surface area contributed by atoms with E-state index in [0.717, 1.165) is 4.90 Å². The highest BCUT2D eigenvalue weighted by Crippen LogP contribution is 2.70. The zero-order chi connectivity index (χ0) is 22.4. The summed E-state index contributed by atoms with van der Waals surface area (Å²) in [5.41, 5.74) is 1.64. The fraction of sp³-hybridized carbons (Fsp3) is 0.545. The van der Waals surface area contributed by atoms with Crippen molar-refractivity contribution in [3.63, 3.8) is 0 Å². The molecular weight excluding hydrogens is 407 g/mol. The smallest absolute Gasteiger partial charge is 0.421 e. The number of halogens is 1. The van der Waals surface area contributed by atoms with Gasteiger partial charge in [0.1, 0.15) is 5.57 Å². The first-order chi connectivity index (χ1) is 13.5. The molecule has 0 aliphatic rings. The lowest BCUT2D eigenvalue weighted by atomic mass is 10.2. The van der Waals surface area contributed by atoms with E-state index in [1.165, 1.54) is 6.07 Å². The van der Waals surface area contributed by atoms with Crippen LogP contribution in [0.1, 0.15) is 48.5 Å². The van der Waals surface area contributed by atoms with Crippen LogP contribution in [0, 0.1) is 5.41 Å². The Morgan fingerprint density at radius 3 is 2.10 bits per heavy atom. The molecule has 0 saturated carbocycles. The number of anilines is 1. The summed E-state index contributed by atoms with van der Waals surface area (Å²) in [4.78, 5) is 27.0. The Morgan fingerprint density at radius 1 is 1.14 bits per heavy atom. The molecule has 5 nitrogen and oxygen atoms in total. The zero-order valence-electron chi connectivity index (χ0n) is 18.5. The number of carbonyl (C=O) groups excluding carboxylic acids is 2. The van der Waals surface area contributed by atoms with E-state index in [1.54, 1.807) is 25.1 Å². The molecule has 1 aromatic rings. The molecule has 160 valence electrons. The van der Waals surface area contributed by atoms with E-state index in [1.807, 2.05) is 0 Å². The summed E-state index contributed by atoms with van der Waals surface area (Å²) in [5, 5.41) is 8.24. The normalized spacial score (nSPS) is 11.6. The Hall–Kier alpha value is -1.67. The molecular formula is C22H33ClN2O3P+. The molecule has 0 unspecified atom stereocenters. The second-order valence-electron chi connectivity index (χ2n) is 7.86. The molecule has 0 heterocycles. The van der Waals surface area contributed by atoms with Gasteiger partial charge in [0.15, 0.2) is 0 Å². The van der Waals surface area contributed by atoms with E-state index in [9.17, 15) is 9.59 Å². The molecule has 1 N–H and O–H groups in total. The van der Waals surface area contributed by atoms with Gasteiger partial charge in [-0.15, -0.1) is 0 Å². The van der Waals surface area contributed by atoms with E-state index in [2.05, 4.69) is 47.4 Å². The van der Waals surface area contributed by atoms with E-state index >= 15 is 0 Å². The summed E-state index contributed by atoms with van der Waals surface area (Å²) in [6.07, 6.45) is -0.325. The Morgan fingerprint density at radius 2 is 1.69 bits per heavy atom. The Kier molecular flexibility index (Phi) is 9.55. The summed E-state index contributed by atoms with van der Waals surface area (Å²) < 4.78 is 5.12. The fourth-order valence-corrected chi connectivity index (χ4v) is 9.63. The number of benzene rings is 1. The van der Waals surface area contributed by atoms with Gasteiger partial charge in [0, 0.05) is 12.3 Å². The Balaban J connectivity index is 3.45. The summed E-state index contributed by atoms with van der Waals surface area (Å²) in [5.74, 6) is 1.77. The van der Waals surface area contributed by atoms with Gasteiger partial charge in [-0.3, -0.25) is 10.2 Å². The SMILES string of the molecule is CCOC(=O)N(C(=O)C(=C=N)C[P+](C(C)C)(C(C)C)C(C)C)c1cccc(Cl)c1. The topological polar surface area (TPSA) is 70.5 Å². The summed E-state index contributed by atoms with van der Waals surface area (Å²) in [6, 6.07) is 6.49. The van der Waals surface area contributed by atoms with Gasteiger partial charge in [-0.1, -0.05) is 17.7 Å². The molecule has 0 spiro atoms. The number of carbonyl (C=O) groups is 2. The van der Waals surface area contributed by atoms with Crippen LogP contribution in [0.2, 0.25) is 5.02 Å². The van der Waals surface area contributed by atoms with Crippen molar-refractivity contribution < 1.29 is 14.3 Å². The molecule has 7 heteroatoms. The minimum Gasteiger partial charge on any atom is -0.449 e. The van der Waals surface area contributed by atoms with Crippen LogP contribution in [0.5, 0.6) is 0 Å². The van der Waals surface area contributed by atoms with E-state index < -0.39 is 19.3 Å². The average Bonchev–Trinajstić information content (AvgIpc) is 2.62. The van der Waals surface area contributed by atoms with Gasteiger partial charge in [0.05, 0.1) is 35.4 Å². The van der Waals surface area contributed by atoms with Gasteiger partial charge >= 0.3 is 6.09 Å². The highest BCUT2D eigenvalue weighted by atomic mass is 35.5. The first-order valence-corrected chi connectivity index (χ1v) is 12.5. The van der Waals surface area contributed by atoms with Gasteiger partial charge in [-0.05, 0) is 72.5 Å². The molecule has 0 saturated heterocycles. The van der Waals surface area contributed by atoms with E-state index in [4.69, 9.17) is 21.7 Å². The van der Waals surface area contributed by atoms with Gasteiger partial charge in [-0.25, -0.2) is 9.69 Å². The van der Waals surface area contributed by atoms with Gasteiger partial charge < -0.3 is 4.74 Å². The fourth-order valence-electron chi connectivity index (χ4n) is 4.01. The van der Waals surface area contributed by atoms with Crippen molar-refractivity contribution >= 4 is 42.4 Å². The number of nitrogens with one attached hydrogen (secondary N) is 1. The first kappa shape index (κ1) is 25.4. The standard InChI is InChI=1S/C22H33ClN2O3P/c1-8-28-22(27)25(20-11-9-10-19(23)12-20)21(26)18(13-24)14-29(15(2)3,16(4)5)17(6)7/h9-12,15-17,24H,8,14H2,1-7H3/q+1. The van der Waals surface area contributed by atoms with Crippen molar-refractivity contribution in [3.05, 3.63) is 34.9 Å².